The highest BCUT2D eigenvalue weighted by Gasteiger charge is 2.08. The van der Waals surface area contributed by atoms with Crippen molar-refractivity contribution in [1.29, 1.82) is 0 Å². The highest BCUT2D eigenvalue weighted by molar-refractivity contribution is 14.0. The molecule has 0 aliphatic rings. The summed E-state index contributed by atoms with van der Waals surface area (Å²) in [6.07, 6.45) is 0. The number of nitrogens with zero attached hydrogens (tertiary/aromatic N) is 2. The Labute approximate surface area is 166 Å². The fourth-order valence-electron chi connectivity index (χ4n) is 1.84. The Bertz CT molecular complexity index is 718. The van der Waals surface area contributed by atoms with Crippen molar-refractivity contribution in [3.63, 3.8) is 0 Å². The van der Waals surface area contributed by atoms with E-state index < -0.39 is 0 Å². The summed E-state index contributed by atoms with van der Waals surface area (Å²) in [6, 6.07) is 7.00. The predicted octanol–water partition coefficient (Wildman–Crippen LogP) is 4.54. The van der Waals surface area contributed by atoms with Crippen LogP contribution in [-0.2, 0) is 13.6 Å². The van der Waals surface area contributed by atoms with Crippen LogP contribution in [0.4, 0.5) is 5.69 Å². The molecule has 0 amide bonds. The molecule has 2 aromatic rings. The second-order valence-electron chi connectivity index (χ2n) is 4.51. The first-order valence-electron chi connectivity index (χ1n) is 6.32. The zero-order valence-corrected chi connectivity index (χ0v) is 17.0. The number of anilines is 1. The second-order valence-corrected chi connectivity index (χ2v) is 5.68. The number of hydrogen-bond acceptors (Lipinski definition) is 2. The topological polar surface area (TPSA) is 64.6 Å². The van der Waals surface area contributed by atoms with Gasteiger partial charge in [-0.25, -0.2) is 4.99 Å². The average Bonchev–Trinajstić information content (AvgIpc) is 2.72. The molecular formula is C14H16Cl3IN4O. The Hall–Kier alpha value is -0.830. The van der Waals surface area contributed by atoms with Gasteiger partial charge in [-0.05, 0) is 24.3 Å². The molecule has 0 fully saturated rings. The molecule has 0 spiro atoms. The zero-order chi connectivity index (χ0) is 16.3. The number of hydrogen-bond donors (Lipinski definition) is 2. The van der Waals surface area contributed by atoms with E-state index in [-0.39, 0.29) is 29.9 Å². The summed E-state index contributed by atoms with van der Waals surface area (Å²) in [5, 5.41) is 4.41. The lowest BCUT2D eigenvalue weighted by Gasteiger charge is -2.08. The maximum absolute atomic E-state index is 6.05. The summed E-state index contributed by atoms with van der Waals surface area (Å²) in [6.45, 7) is 0.353. The lowest BCUT2D eigenvalue weighted by Crippen LogP contribution is -2.22. The van der Waals surface area contributed by atoms with Gasteiger partial charge in [-0.15, -0.1) is 24.0 Å². The number of aliphatic imine (C=N–C) groups is 1. The Morgan fingerprint density at radius 1 is 1.26 bits per heavy atom. The summed E-state index contributed by atoms with van der Waals surface area (Å²) in [4.78, 5) is 4.25. The number of aromatic nitrogens is 1. The SMILES string of the molecule is COc1ccc(NC(N)=NCc2cc(Cl)c(Cl)n2C)cc1Cl.I. The summed E-state index contributed by atoms with van der Waals surface area (Å²) < 4.78 is 6.84. The van der Waals surface area contributed by atoms with Gasteiger partial charge in [-0.3, -0.25) is 0 Å². The molecule has 1 aromatic carbocycles. The Balaban J connectivity index is 0.00000264. The molecule has 3 N–H and O–H groups in total. The Morgan fingerprint density at radius 3 is 2.48 bits per heavy atom. The number of halogens is 4. The third-order valence-electron chi connectivity index (χ3n) is 3.05. The van der Waals surface area contributed by atoms with Crippen LogP contribution in [0.3, 0.4) is 0 Å². The zero-order valence-electron chi connectivity index (χ0n) is 12.4. The van der Waals surface area contributed by atoms with Crippen molar-refractivity contribution in [1.82, 2.24) is 4.57 Å². The lowest BCUT2D eigenvalue weighted by atomic mass is 10.3. The highest BCUT2D eigenvalue weighted by Crippen LogP contribution is 2.27. The van der Waals surface area contributed by atoms with Gasteiger partial charge in [-0.2, -0.15) is 0 Å². The van der Waals surface area contributed by atoms with Crippen LogP contribution in [0.25, 0.3) is 0 Å². The van der Waals surface area contributed by atoms with Gasteiger partial charge >= 0.3 is 0 Å². The molecule has 2 rings (SSSR count). The van der Waals surface area contributed by atoms with E-state index in [1.54, 1.807) is 35.9 Å². The molecule has 0 saturated carbocycles. The molecule has 23 heavy (non-hydrogen) atoms. The molecular weight excluding hydrogens is 473 g/mol. The van der Waals surface area contributed by atoms with Gasteiger partial charge in [0.15, 0.2) is 5.96 Å². The number of rotatable bonds is 4. The minimum absolute atomic E-state index is 0. The van der Waals surface area contributed by atoms with E-state index in [0.29, 0.717) is 27.5 Å². The van der Waals surface area contributed by atoms with Crippen molar-refractivity contribution in [2.24, 2.45) is 17.8 Å². The van der Waals surface area contributed by atoms with Crippen LogP contribution in [0.15, 0.2) is 29.3 Å². The predicted molar refractivity (Wildman–Crippen MR) is 108 cm³/mol. The van der Waals surface area contributed by atoms with Crippen molar-refractivity contribution in [3.05, 3.63) is 45.2 Å². The molecule has 126 valence electrons. The standard InChI is InChI=1S/C14H15Cl3N4O.HI/c1-21-9(6-11(16)13(21)17)7-19-14(18)20-8-3-4-12(22-2)10(15)5-8;/h3-6H,7H2,1-2H3,(H3,18,19,20);1H. The minimum Gasteiger partial charge on any atom is -0.495 e. The van der Waals surface area contributed by atoms with Crippen molar-refractivity contribution in [2.45, 2.75) is 6.54 Å². The van der Waals surface area contributed by atoms with Crippen LogP contribution in [0, 0.1) is 0 Å². The summed E-state index contributed by atoms with van der Waals surface area (Å²) >= 11 is 18.0. The number of methoxy groups -OCH3 is 1. The van der Waals surface area contributed by atoms with Crippen LogP contribution in [0.5, 0.6) is 5.75 Å². The number of nitrogens with two attached hydrogens (primary N) is 1. The van der Waals surface area contributed by atoms with E-state index in [2.05, 4.69) is 10.3 Å². The minimum atomic E-state index is 0. The third kappa shape index (κ3) is 5.07. The van der Waals surface area contributed by atoms with Crippen LogP contribution < -0.4 is 15.8 Å². The van der Waals surface area contributed by atoms with Gasteiger partial charge in [0.05, 0.1) is 23.7 Å². The molecule has 0 bridgehead atoms. The first-order chi connectivity index (χ1) is 10.4. The number of benzene rings is 1. The molecule has 0 radical (unpaired) electrons. The van der Waals surface area contributed by atoms with E-state index in [0.717, 1.165) is 11.4 Å². The first kappa shape index (κ1) is 20.2. The molecule has 9 heteroatoms. The fraction of sp³-hybridized carbons (Fsp3) is 0.214. The summed E-state index contributed by atoms with van der Waals surface area (Å²) in [7, 11) is 3.37. The van der Waals surface area contributed by atoms with E-state index >= 15 is 0 Å². The van der Waals surface area contributed by atoms with Crippen molar-refractivity contribution < 1.29 is 4.74 Å². The number of guanidine groups is 1. The van der Waals surface area contributed by atoms with Gasteiger partial charge in [0.2, 0.25) is 0 Å². The summed E-state index contributed by atoms with van der Waals surface area (Å²) in [5.41, 5.74) is 7.43. The largest absolute Gasteiger partial charge is 0.495 e. The van der Waals surface area contributed by atoms with Gasteiger partial charge in [-0.1, -0.05) is 34.8 Å². The van der Waals surface area contributed by atoms with Crippen LogP contribution in [0.2, 0.25) is 15.2 Å². The van der Waals surface area contributed by atoms with Gasteiger partial charge in [0, 0.05) is 18.4 Å². The van der Waals surface area contributed by atoms with Crippen LogP contribution in [-0.4, -0.2) is 17.6 Å². The van der Waals surface area contributed by atoms with E-state index in [1.165, 1.54) is 0 Å². The lowest BCUT2D eigenvalue weighted by molar-refractivity contribution is 0.415. The van der Waals surface area contributed by atoms with Crippen molar-refractivity contribution >= 4 is 70.4 Å². The van der Waals surface area contributed by atoms with Crippen LogP contribution in [0.1, 0.15) is 5.69 Å². The molecule has 0 unspecified atom stereocenters. The monoisotopic (exact) mass is 488 g/mol. The maximum Gasteiger partial charge on any atom is 0.193 e. The molecule has 0 saturated heterocycles. The number of ether oxygens (including phenoxy) is 1. The van der Waals surface area contributed by atoms with Crippen molar-refractivity contribution in [3.8, 4) is 5.75 Å². The van der Waals surface area contributed by atoms with E-state index in [9.17, 15) is 0 Å². The quantitative estimate of drug-likeness (QED) is 0.377. The average molecular weight is 490 g/mol. The Morgan fingerprint density at radius 2 is 1.96 bits per heavy atom. The van der Waals surface area contributed by atoms with Crippen LogP contribution >= 0.6 is 58.8 Å². The van der Waals surface area contributed by atoms with E-state index in [4.69, 9.17) is 45.3 Å². The van der Waals surface area contributed by atoms with Gasteiger partial charge in [0.1, 0.15) is 10.9 Å². The number of nitrogens with one attached hydrogen (secondary N) is 1. The second kappa shape index (κ2) is 8.86. The molecule has 0 aliphatic carbocycles. The smallest absolute Gasteiger partial charge is 0.193 e. The van der Waals surface area contributed by atoms with E-state index in [1.807, 2.05) is 7.05 Å². The van der Waals surface area contributed by atoms with Gasteiger partial charge in [0.25, 0.3) is 0 Å². The fourth-order valence-corrected chi connectivity index (χ4v) is 2.51. The Kier molecular flexibility index (Phi) is 7.79. The summed E-state index contributed by atoms with van der Waals surface area (Å²) in [5.74, 6) is 0.852. The molecule has 1 heterocycles. The highest BCUT2D eigenvalue weighted by atomic mass is 127. The van der Waals surface area contributed by atoms with Crippen molar-refractivity contribution in [2.75, 3.05) is 12.4 Å². The molecule has 5 nitrogen and oxygen atoms in total. The molecule has 0 aliphatic heterocycles. The molecule has 0 atom stereocenters. The third-order valence-corrected chi connectivity index (χ3v) is 4.19. The first-order valence-corrected chi connectivity index (χ1v) is 7.46. The molecule has 1 aromatic heterocycles. The van der Waals surface area contributed by atoms with Gasteiger partial charge < -0.3 is 20.4 Å². The maximum atomic E-state index is 6.05. The normalized spacial score (nSPS) is 11.1.